The van der Waals surface area contributed by atoms with Crippen LogP contribution in [0.1, 0.15) is 58.7 Å². The van der Waals surface area contributed by atoms with Crippen molar-refractivity contribution < 1.29 is 4.79 Å². The zero-order valence-corrected chi connectivity index (χ0v) is 23.7. The van der Waals surface area contributed by atoms with E-state index in [1.165, 1.54) is 35.1 Å². The molecule has 1 aliphatic rings. The van der Waals surface area contributed by atoms with Gasteiger partial charge in [-0.05, 0) is 96.8 Å². The number of nitrogens with one attached hydrogen (secondary N) is 2. The highest BCUT2D eigenvalue weighted by atomic mass is 16.2. The lowest BCUT2D eigenvalue weighted by molar-refractivity contribution is 0.101. The van der Waals surface area contributed by atoms with Gasteiger partial charge in [0.1, 0.15) is 5.69 Å². The minimum Gasteiger partial charge on any atom is -0.321 e. The molecule has 1 amide bonds. The molecule has 0 aliphatic heterocycles. The first-order valence-electron chi connectivity index (χ1n) is 14.5. The molecule has 5 nitrogen and oxygen atoms in total. The first-order valence-corrected chi connectivity index (χ1v) is 14.5. The second kappa shape index (κ2) is 11.9. The largest absolute Gasteiger partial charge is 0.321 e. The number of benzene rings is 4. The van der Waals surface area contributed by atoms with Crippen LogP contribution in [0, 0.1) is 12.8 Å². The Bertz CT molecular complexity index is 1630. The average Bonchev–Trinajstić information content (AvgIpc) is 3.76. The smallest absolute Gasteiger partial charge is 0.274 e. The predicted molar refractivity (Wildman–Crippen MR) is 167 cm³/mol. The Morgan fingerprint density at radius 3 is 2.37 bits per heavy atom. The van der Waals surface area contributed by atoms with E-state index in [1.807, 2.05) is 43.3 Å². The van der Waals surface area contributed by atoms with Crippen molar-refractivity contribution in [1.82, 2.24) is 15.1 Å². The number of carbonyl (C=O) groups excluding carboxylic acids is 1. The zero-order valence-electron chi connectivity index (χ0n) is 23.7. The summed E-state index contributed by atoms with van der Waals surface area (Å²) in [6.45, 7) is 5.02. The topological polar surface area (TPSA) is 59.0 Å². The molecule has 1 atom stereocenters. The average molecular weight is 541 g/mol. The van der Waals surface area contributed by atoms with Gasteiger partial charge in [0.15, 0.2) is 0 Å². The van der Waals surface area contributed by atoms with Crippen molar-refractivity contribution in [2.45, 2.75) is 39.2 Å². The molecule has 0 saturated heterocycles. The second-order valence-electron chi connectivity index (χ2n) is 11.0. The Balaban J connectivity index is 1.25. The van der Waals surface area contributed by atoms with Gasteiger partial charge in [-0.25, -0.2) is 4.68 Å². The molecular weight excluding hydrogens is 504 g/mol. The summed E-state index contributed by atoms with van der Waals surface area (Å²) in [6, 6.07) is 37.5. The van der Waals surface area contributed by atoms with E-state index in [0.717, 1.165) is 41.5 Å². The lowest BCUT2D eigenvalue weighted by atomic mass is 9.95. The van der Waals surface area contributed by atoms with E-state index in [1.54, 1.807) is 4.68 Å². The fourth-order valence-corrected chi connectivity index (χ4v) is 5.29. The monoisotopic (exact) mass is 540 g/mol. The van der Waals surface area contributed by atoms with Gasteiger partial charge in [0, 0.05) is 5.69 Å². The maximum atomic E-state index is 13.5. The van der Waals surface area contributed by atoms with Crippen molar-refractivity contribution in [2.75, 3.05) is 11.9 Å². The van der Waals surface area contributed by atoms with E-state index < -0.39 is 0 Å². The van der Waals surface area contributed by atoms with Crippen LogP contribution in [0.25, 0.3) is 16.8 Å². The van der Waals surface area contributed by atoms with E-state index in [4.69, 9.17) is 0 Å². The fourth-order valence-electron chi connectivity index (χ4n) is 5.29. The van der Waals surface area contributed by atoms with Crippen LogP contribution in [0.2, 0.25) is 0 Å². The third-order valence-electron chi connectivity index (χ3n) is 7.76. The highest BCUT2D eigenvalue weighted by Gasteiger charge is 2.24. The number of aromatic nitrogens is 2. The lowest BCUT2D eigenvalue weighted by Gasteiger charge is -2.21. The Morgan fingerprint density at radius 1 is 0.854 bits per heavy atom. The summed E-state index contributed by atoms with van der Waals surface area (Å²) in [5.74, 6) is 0.568. The number of carbonyl (C=O) groups is 1. The van der Waals surface area contributed by atoms with Gasteiger partial charge in [0.2, 0.25) is 0 Å². The first kappa shape index (κ1) is 26.7. The van der Waals surface area contributed by atoms with Crippen LogP contribution in [-0.4, -0.2) is 22.2 Å². The Hall–Kier alpha value is -4.48. The van der Waals surface area contributed by atoms with Gasteiger partial charge in [-0.15, -0.1) is 0 Å². The molecule has 1 aliphatic carbocycles. The summed E-state index contributed by atoms with van der Waals surface area (Å²) >= 11 is 0. The van der Waals surface area contributed by atoms with Crippen molar-refractivity contribution >= 4 is 11.6 Å². The van der Waals surface area contributed by atoms with Crippen molar-refractivity contribution in [3.8, 4) is 16.8 Å². The predicted octanol–water partition coefficient (Wildman–Crippen LogP) is 7.75. The SMILES string of the molecule is CCc1cccc(-n2nc(C)cc2C(=O)Nc2cccc(C(NCC3CC3)c3ccc(-c4ccccc4)cc3)c2)c1. The quantitative estimate of drug-likeness (QED) is 0.190. The molecule has 0 radical (unpaired) electrons. The van der Waals surface area contributed by atoms with Crippen molar-refractivity contribution in [2.24, 2.45) is 5.92 Å². The van der Waals surface area contributed by atoms with Crippen molar-refractivity contribution in [1.29, 1.82) is 0 Å². The van der Waals surface area contributed by atoms with E-state index in [9.17, 15) is 4.79 Å². The third-order valence-corrected chi connectivity index (χ3v) is 7.76. The molecule has 5 heteroatoms. The minimum absolute atomic E-state index is 0.0295. The van der Waals surface area contributed by atoms with Gasteiger partial charge < -0.3 is 10.6 Å². The Labute approximate surface area is 242 Å². The number of anilines is 1. The minimum atomic E-state index is -0.181. The van der Waals surface area contributed by atoms with Gasteiger partial charge in [0.25, 0.3) is 5.91 Å². The van der Waals surface area contributed by atoms with Crippen LogP contribution in [0.15, 0.2) is 109 Å². The molecule has 4 aromatic carbocycles. The van der Waals surface area contributed by atoms with Crippen LogP contribution in [0.4, 0.5) is 5.69 Å². The highest BCUT2D eigenvalue weighted by molar-refractivity contribution is 6.03. The Kier molecular flexibility index (Phi) is 7.79. The number of hydrogen-bond acceptors (Lipinski definition) is 3. The molecule has 1 saturated carbocycles. The number of hydrogen-bond donors (Lipinski definition) is 2. The Morgan fingerprint density at radius 2 is 1.61 bits per heavy atom. The second-order valence-corrected chi connectivity index (χ2v) is 11.0. The van der Waals surface area contributed by atoms with Crippen LogP contribution in [0.3, 0.4) is 0 Å². The normalized spacial score (nSPS) is 13.6. The summed E-state index contributed by atoms with van der Waals surface area (Å²) in [7, 11) is 0. The molecule has 41 heavy (non-hydrogen) atoms. The summed E-state index contributed by atoms with van der Waals surface area (Å²) in [6.07, 6.45) is 3.50. The first-order chi connectivity index (χ1) is 20.1. The summed E-state index contributed by atoms with van der Waals surface area (Å²) < 4.78 is 1.74. The molecule has 1 heterocycles. The summed E-state index contributed by atoms with van der Waals surface area (Å²) in [5.41, 5.74) is 8.91. The van der Waals surface area contributed by atoms with Crippen LogP contribution in [-0.2, 0) is 6.42 Å². The molecule has 0 bridgehead atoms. The van der Waals surface area contributed by atoms with Crippen molar-refractivity contribution in [3.05, 3.63) is 137 Å². The van der Waals surface area contributed by atoms with Crippen LogP contribution < -0.4 is 10.6 Å². The van der Waals surface area contributed by atoms with E-state index >= 15 is 0 Å². The van der Waals surface area contributed by atoms with Gasteiger partial charge in [0.05, 0.1) is 17.4 Å². The van der Waals surface area contributed by atoms with E-state index in [-0.39, 0.29) is 11.9 Å². The van der Waals surface area contributed by atoms with Crippen LogP contribution in [0.5, 0.6) is 0 Å². The number of nitrogens with zero attached hydrogens (tertiary/aromatic N) is 2. The summed E-state index contributed by atoms with van der Waals surface area (Å²) in [4.78, 5) is 13.5. The van der Waals surface area contributed by atoms with E-state index in [2.05, 4.69) is 95.5 Å². The van der Waals surface area contributed by atoms with Gasteiger partial charge in [-0.1, -0.05) is 85.8 Å². The molecule has 6 rings (SSSR count). The molecule has 0 spiro atoms. The van der Waals surface area contributed by atoms with Crippen LogP contribution >= 0.6 is 0 Å². The summed E-state index contributed by atoms with van der Waals surface area (Å²) in [5, 5.41) is 11.6. The van der Waals surface area contributed by atoms with Gasteiger partial charge >= 0.3 is 0 Å². The van der Waals surface area contributed by atoms with Crippen molar-refractivity contribution in [3.63, 3.8) is 0 Å². The number of aryl methyl sites for hydroxylation is 2. The molecule has 1 fully saturated rings. The van der Waals surface area contributed by atoms with Gasteiger partial charge in [-0.2, -0.15) is 5.10 Å². The number of amides is 1. The number of rotatable bonds is 10. The zero-order chi connectivity index (χ0) is 28.2. The maximum absolute atomic E-state index is 13.5. The molecule has 206 valence electrons. The lowest BCUT2D eigenvalue weighted by Crippen LogP contribution is -2.25. The fraction of sp³-hybridized carbons (Fsp3) is 0.222. The molecule has 2 N–H and O–H groups in total. The maximum Gasteiger partial charge on any atom is 0.274 e. The molecule has 1 unspecified atom stereocenters. The molecule has 5 aromatic rings. The molecular formula is C36H36N4O. The highest BCUT2D eigenvalue weighted by Crippen LogP contribution is 2.32. The van der Waals surface area contributed by atoms with Gasteiger partial charge in [-0.3, -0.25) is 4.79 Å². The third kappa shape index (κ3) is 6.31. The van der Waals surface area contributed by atoms with E-state index in [0.29, 0.717) is 5.69 Å². The standard InChI is InChI=1S/C36H36N4O/c1-3-26-9-7-14-33(22-26)40-34(21-25(2)39-40)36(41)38-32-13-8-12-31(23-32)35(37-24-27-15-16-27)30-19-17-29(18-20-30)28-10-5-4-6-11-28/h4-14,17-23,27,35,37H,3,15-16,24H2,1-2H3,(H,38,41). The molecule has 1 aromatic heterocycles.